The number of methoxy groups -OCH3 is 1. The number of benzene rings is 1. The quantitative estimate of drug-likeness (QED) is 0.851. The Labute approximate surface area is 99.2 Å². The molecule has 0 saturated carbocycles. The van der Waals surface area contributed by atoms with E-state index in [1.807, 2.05) is 31.2 Å². The Hall–Kier alpha value is -1.81. The van der Waals surface area contributed by atoms with Gasteiger partial charge in [-0.25, -0.2) is 0 Å². The Bertz CT molecular complexity index is 545. The standard InChI is InChI=1S/C13H15NO3/c1-8-12(10(7-17-2)13(15)16)9-5-3-4-6-11(9)14-8/h3-6,10,14H,7H2,1-2H3,(H,15,16). The van der Waals surface area contributed by atoms with Crippen molar-refractivity contribution in [1.29, 1.82) is 0 Å². The van der Waals surface area contributed by atoms with Gasteiger partial charge in [-0.1, -0.05) is 18.2 Å². The molecule has 0 aliphatic heterocycles. The molecule has 0 bridgehead atoms. The summed E-state index contributed by atoms with van der Waals surface area (Å²) in [5.41, 5.74) is 2.66. The van der Waals surface area contributed by atoms with Crippen LogP contribution in [0.1, 0.15) is 17.2 Å². The number of rotatable bonds is 4. The van der Waals surface area contributed by atoms with Gasteiger partial charge in [-0.2, -0.15) is 0 Å². The third-order valence-electron chi connectivity index (χ3n) is 2.92. The summed E-state index contributed by atoms with van der Waals surface area (Å²) in [6.07, 6.45) is 0. The van der Waals surface area contributed by atoms with Gasteiger partial charge in [0.15, 0.2) is 0 Å². The number of aromatic amines is 1. The molecule has 0 spiro atoms. The lowest BCUT2D eigenvalue weighted by atomic mass is 9.97. The number of aromatic nitrogens is 1. The highest BCUT2D eigenvalue weighted by atomic mass is 16.5. The van der Waals surface area contributed by atoms with Crippen LogP contribution in [0.3, 0.4) is 0 Å². The second kappa shape index (κ2) is 4.59. The van der Waals surface area contributed by atoms with Crippen molar-refractivity contribution in [3.8, 4) is 0 Å². The molecular formula is C13H15NO3. The van der Waals surface area contributed by atoms with Crippen molar-refractivity contribution in [3.63, 3.8) is 0 Å². The molecule has 0 aliphatic carbocycles. The zero-order valence-corrected chi connectivity index (χ0v) is 9.86. The number of H-pyrrole nitrogens is 1. The number of carbonyl (C=O) groups is 1. The maximum absolute atomic E-state index is 11.3. The molecular weight excluding hydrogens is 218 g/mol. The molecule has 1 atom stereocenters. The molecule has 0 amide bonds. The average Bonchev–Trinajstić information content (AvgIpc) is 2.62. The molecule has 1 aromatic heterocycles. The van der Waals surface area contributed by atoms with Crippen molar-refractivity contribution < 1.29 is 14.6 Å². The van der Waals surface area contributed by atoms with Crippen LogP contribution in [0.15, 0.2) is 24.3 Å². The largest absolute Gasteiger partial charge is 0.481 e. The molecule has 1 heterocycles. The first kappa shape index (κ1) is 11.7. The molecule has 2 aromatic rings. The minimum Gasteiger partial charge on any atom is -0.481 e. The normalized spacial score (nSPS) is 12.8. The number of hydrogen-bond acceptors (Lipinski definition) is 2. The summed E-state index contributed by atoms with van der Waals surface area (Å²) >= 11 is 0. The number of fused-ring (bicyclic) bond motifs is 1. The third-order valence-corrected chi connectivity index (χ3v) is 2.92. The van der Waals surface area contributed by atoms with Crippen molar-refractivity contribution in [1.82, 2.24) is 4.98 Å². The van der Waals surface area contributed by atoms with Gasteiger partial charge < -0.3 is 14.8 Å². The predicted octanol–water partition coefficient (Wildman–Crippen LogP) is 2.29. The van der Waals surface area contributed by atoms with Gasteiger partial charge >= 0.3 is 5.97 Å². The number of hydrogen-bond donors (Lipinski definition) is 2. The van der Waals surface area contributed by atoms with Crippen molar-refractivity contribution in [2.75, 3.05) is 13.7 Å². The van der Waals surface area contributed by atoms with Crippen LogP contribution in [-0.4, -0.2) is 29.8 Å². The van der Waals surface area contributed by atoms with Crippen molar-refractivity contribution >= 4 is 16.9 Å². The summed E-state index contributed by atoms with van der Waals surface area (Å²) in [4.78, 5) is 14.5. The fourth-order valence-corrected chi connectivity index (χ4v) is 2.19. The number of carboxylic acid groups (broad SMARTS) is 1. The van der Waals surface area contributed by atoms with Gasteiger partial charge in [-0.15, -0.1) is 0 Å². The van der Waals surface area contributed by atoms with Crippen LogP contribution in [-0.2, 0) is 9.53 Å². The molecule has 0 radical (unpaired) electrons. The van der Waals surface area contributed by atoms with E-state index >= 15 is 0 Å². The van der Waals surface area contributed by atoms with E-state index in [0.29, 0.717) is 0 Å². The number of nitrogens with one attached hydrogen (secondary N) is 1. The summed E-state index contributed by atoms with van der Waals surface area (Å²) in [6, 6.07) is 7.70. The highest BCUT2D eigenvalue weighted by Crippen LogP contribution is 2.29. The van der Waals surface area contributed by atoms with Gasteiger partial charge in [-0.05, 0) is 18.6 Å². The van der Waals surface area contributed by atoms with E-state index in [1.165, 1.54) is 7.11 Å². The van der Waals surface area contributed by atoms with Crippen LogP contribution in [0.5, 0.6) is 0 Å². The second-order valence-corrected chi connectivity index (χ2v) is 4.06. The molecule has 4 heteroatoms. The van der Waals surface area contributed by atoms with E-state index < -0.39 is 11.9 Å². The van der Waals surface area contributed by atoms with E-state index in [1.54, 1.807) is 0 Å². The van der Waals surface area contributed by atoms with E-state index in [0.717, 1.165) is 22.2 Å². The van der Waals surface area contributed by atoms with E-state index in [9.17, 15) is 9.90 Å². The maximum Gasteiger partial charge on any atom is 0.313 e. The molecule has 0 aliphatic rings. The van der Waals surface area contributed by atoms with E-state index in [2.05, 4.69) is 4.98 Å². The van der Waals surface area contributed by atoms with Crippen molar-refractivity contribution in [3.05, 3.63) is 35.5 Å². The fraction of sp³-hybridized carbons (Fsp3) is 0.308. The summed E-state index contributed by atoms with van der Waals surface area (Å²) in [6.45, 7) is 2.07. The molecule has 4 nitrogen and oxygen atoms in total. The highest BCUT2D eigenvalue weighted by Gasteiger charge is 2.25. The molecule has 2 N–H and O–H groups in total. The first-order valence-electron chi connectivity index (χ1n) is 5.44. The van der Waals surface area contributed by atoms with Gasteiger partial charge in [-0.3, -0.25) is 4.79 Å². The lowest BCUT2D eigenvalue weighted by Crippen LogP contribution is -2.17. The van der Waals surface area contributed by atoms with E-state index in [-0.39, 0.29) is 6.61 Å². The van der Waals surface area contributed by atoms with Gasteiger partial charge in [0.05, 0.1) is 6.61 Å². The summed E-state index contributed by atoms with van der Waals surface area (Å²) < 4.78 is 5.00. The summed E-state index contributed by atoms with van der Waals surface area (Å²) in [5, 5.41) is 10.2. The lowest BCUT2D eigenvalue weighted by molar-refractivity contribution is -0.140. The Balaban J connectivity index is 2.59. The second-order valence-electron chi connectivity index (χ2n) is 4.06. The van der Waals surface area contributed by atoms with Crippen LogP contribution in [0.25, 0.3) is 10.9 Å². The predicted molar refractivity (Wildman–Crippen MR) is 65.3 cm³/mol. The topological polar surface area (TPSA) is 62.3 Å². The van der Waals surface area contributed by atoms with E-state index in [4.69, 9.17) is 4.74 Å². The molecule has 0 saturated heterocycles. The Morgan fingerprint density at radius 3 is 2.82 bits per heavy atom. The smallest absolute Gasteiger partial charge is 0.313 e. The van der Waals surface area contributed by atoms with Crippen LogP contribution in [0.4, 0.5) is 0 Å². The molecule has 0 fully saturated rings. The zero-order valence-electron chi connectivity index (χ0n) is 9.86. The first-order chi connectivity index (χ1) is 8.15. The first-order valence-corrected chi connectivity index (χ1v) is 5.44. The Morgan fingerprint density at radius 1 is 1.47 bits per heavy atom. The maximum atomic E-state index is 11.3. The van der Waals surface area contributed by atoms with Crippen LogP contribution in [0.2, 0.25) is 0 Å². The van der Waals surface area contributed by atoms with Crippen LogP contribution in [0, 0.1) is 6.92 Å². The van der Waals surface area contributed by atoms with Crippen molar-refractivity contribution in [2.45, 2.75) is 12.8 Å². The minimum atomic E-state index is -0.861. The molecule has 2 rings (SSSR count). The van der Waals surface area contributed by atoms with Crippen LogP contribution < -0.4 is 0 Å². The SMILES string of the molecule is COCC(C(=O)O)c1c(C)[nH]c2ccccc12. The number of carboxylic acids is 1. The summed E-state index contributed by atoms with van der Waals surface area (Å²) in [7, 11) is 1.51. The average molecular weight is 233 g/mol. The zero-order chi connectivity index (χ0) is 12.4. The summed E-state index contributed by atoms with van der Waals surface area (Å²) in [5.74, 6) is -1.49. The molecule has 1 unspecified atom stereocenters. The van der Waals surface area contributed by atoms with Crippen molar-refractivity contribution in [2.24, 2.45) is 0 Å². The number of aliphatic carboxylic acids is 1. The lowest BCUT2D eigenvalue weighted by Gasteiger charge is -2.11. The Kier molecular flexibility index (Phi) is 3.15. The van der Waals surface area contributed by atoms with Crippen LogP contribution >= 0.6 is 0 Å². The molecule has 1 aromatic carbocycles. The number of aryl methyl sites for hydroxylation is 1. The molecule has 90 valence electrons. The number of para-hydroxylation sites is 1. The Morgan fingerprint density at radius 2 is 2.18 bits per heavy atom. The number of ether oxygens (including phenoxy) is 1. The minimum absolute atomic E-state index is 0.179. The van der Waals surface area contributed by atoms with Gasteiger partial charge in [0.25, 0.3) is 0 Å². The third kappa shape index (κ3) is 2.03. The monoisotopic (exact) mass is 233 g/mol. The highest BCUT2D eigenvalue weighted by molar-refractivity contribution is 5.90. The molecule has 17 heavy (non-hydrogen) atoms. The van der Waals surface area contributed by atoms with Gasteiger partial charge in [0, 0.05) is 23.7 Å². The van der Waals surface area contributed by atoms with Gasteiger partial charge in [0.1, 0.15) is 5.92 Å². The fourth-order valence-electron chi connectivity index (χ4n) is 2.19. The van der Waals surface area contributed by atoms with Gasteiger partial charge in [0.2, 0.25) is 0 Å².